The molecule has 28 heavy (non-hydrogen) atoms. The zero-order valence-corrected chi connectivity index (χ0v) is 20.3. The van der Waals surface area contributed by atoms with Crippen LogP contribution in [-0.2, 0) is 43.0 Å². The van der Waals surface area contributed by atoms with Crippen molar-refractivity contribution in [3.63, 3.8) is 0 Å². The van der Waals surface area contributed by atoms with Crippen molar-refractivity contribution in [3.8, 4) is 11.4 Å². The molecule has 0 aliphatic rings. The van der Waals surface area contributed by atoms with E-state index in [1.807, 2.05) is 12.4 Å². The summed E-state index contributed by atoms with van der Waals surface area (Å²) in [5.41, 5.74) is 4.71. The Balaban J connectivity index is -0.000000695. The molecule has 0 saturated carbocycles. The number of aromatic nitrogens is 2. The van der Waals surface area contributed by atoms with Gasteiger partial charge in [-0.1, -0.05) is 41.5 Å². The van der Waals surface area contributed by atoms with E-state index in [4.69, 9.17) is 23.5 Å². The third-order valence-corrected chi connectivity index (χ3v) is 3.51. The van der Waals surface area contributed by atoms with Crippen molar-refractivity contribution in [2.75, 3.05) is 0 Å². The van der Waals surface area contributed by atoms with E-state index >= 15 is 0 Å². The van der Waals surface area contributed by atoms with E-state index in [9.17, 15) is 0 Å². The summed E-state index contributed by atoms with van der Waals surface area (Å²) in [5.74, 6) is 0. The van der Waals surface area contributed by atoms with Crippen LogP contribution in [-0.4, -0.2) is 9.97 Å². The molecular weight excluding hydrogens is 550 g/mol. The first-order valence-electron chi connectivity index (χ1n) is 7.87. The molecule has 5 nitrogen and oxygen atoms in total. The van der Waals surface area contributed by atoms with E-state index < -0.39 is 0 Å². The fourth-order valence-corrected chi connectivity index (χ4v) is 2.07. The molecule has 150 valence electrons. The van der Waals surface area contributed by atoms with Crippen molar-refractivity contribution in [3.05, 3.63) is 67.7 Å². The monoisotopic (exact) mass is 574 g/mol. The zero-order valence-electron chi connectivity index (χ0n) is 16.8. The van der Waals surface area contributed by atoms with Gasteiger partial charge in [0.05, 0.1) is 11.4 Å². The molecule has 2 aromatic rings. The van der Waals surface area contributed by atoms with E-state index in [-0.39, 0.29) is 10.8 Å². The maximum absolute atomic E-state index is 7.50. The van der Waals surface area contributed by atoms with Crippen molar-refractivity contribution < 1.29 is 32.1 Å². The first-order chi connectivity index (χ1) is 13.2. The molecule has 0 N–H and O–H groups in total. The van der Waals surface area contributed by atoms with Crippen LogP contribution in [0.3, 0.4) is 0 Å². The number of nitrogens with zero attached hydrogens (tertiary/aromatic N) is 2. The Morgan fingerprint density at radius 3 is 1.14 bits per heavy atom. The van der Waals surface area contributed by atoms with E-state index in [1.54, 1.807) is 0 Å². The van der Waals surface area contributed by atoms with E-state index in [1.165, 1.54) is 29.3 Å². The van der Waals surface area contributed by atoms with Gasteiger partial charge < -0.3 is 0 Å². The average molecular weight is 574 g/mol. The molecule has 2 heterocycles. The second-order valence-corrected chi connectivity index (χ2v) is 7.36. The molecule has 0 saturated heterocycles. The molecule has 0 bridgehead atoms. The molecule has 7 heteroatoms. The normalized spacial score (nSPS) is 9.36. The average Bonchev–Trinajstić information content (AvgIpc) is 2.73. The Morgan fingerprint density at radius 1 is 0.679 bits per heavy atom. The van der Waals surface area contributed by atoms with Gasteiger partial charge in [-0.15, -0.1) is 0 Å². The minimum absolute atomic E-state index is 0.124. The van der Waals surface area contributed by atoms with Crippen LogP contribution in [0.25, 0.3) is 11.4 Å². The first-order valence-corrected chi connectivity index (χ1v) is 11.2. The van der Waals surface area contributed by atoms with Crippen LogP contribution < -0.4 is 0 Å². The van der Waals surface area contributed by atoms with Crippen molar-refractivity contribution in [2.45, 2.75) is 52.4 Å². The van der Waals surface area contributed by atoms with Crippen LogP contribution >= 0.6 is 9.53 Å². The fraction of sp³-hybridized carbons (Fsp3) is 0.381. The summed E-state index contributed by atoms with van der Waals surface area (Å²) < 4.78 is 22.5. The van der Waals surface area contributed by atoms with Crippen LogP contribution in [0.15, 0.2) is 36.7 Å². The van der Waals surface area contributed by atoms with Crippen molar-refractivity contribution >= 4 is 9.53 Å². The van der Waals surface area contributed by atoms with E-state index in [0.29, 0.717) is 0 Å². The maximum atomic E-state index is 7.50. The Labute approximate surface area is 182 Å². The quantitative estimate of drug-likeness (QED) is 0.342. The van der Waals surface area contributed by atoms with Gasteiger partial charge in [0.25, 0.3) is 0 Å². The van der Waals surface area contributed by atoms with Gasteiger partial charge >= 0.3 is 61.6 Å². The molecule has 0 spiro atoms. The number of hydrogen-bond acceptors (Lipinski definition) is 2. The van der Waals surface area contributed by atoms with Crippen LogP contribution in [0.1, 0.15) is 52.7 Å². The number of halogens is 1. The van der Waals surface area contributed by atoms with Gasteiger partial charge in [0.2, 0.25) is 0 Å². The predicted octanol–water partition coefficient (Wildman–Crippen LogP) is 5.31. The molecule has 0 unspecified atom stereocenters. The second kappa shape index (κ2) is 16.4. The van der Waals surface area contributed by atoms with Gasteiger partial charge in [0.1, 0.15) is 0 Å². The third kappa shape index (κ3) is 11.3. The Kier molecular flexibility index (Phi) is 18.3. The van der Waals surface area contributed by atoms with E-state index in [2.05, 4.69) is 95.7 Å². The molecule has 0 fully saturated rings. The minimum atomic E-state index is 0.124. The molecule has 0 aliphatic carbocycles. The van der Waals surface area contributed by atoms with Gasteiger partial charge in [-0.3, -0.25) is 9.97 Å². The summed E-state index contributed by atoms with van der Waals surface area (Å²) >= 11 is 1.19. The third-order valence-electron chi connectivity index (χ3n) is 3.51. The van der Waals surface area contributed by atoms with Crippen LogP contribution in [0, 0.1) is 20.0 Å². The van der Waals surface area contributed by atoms with Crippen molar-refractivity contribution in [2.24, 2.45) is 0 Å². The molecular formula is C21H24ClN2O3Re. The number of rotatable bonds is 1. The topological polar surface area (TPSA) is 85.5 Å². The summed E-state index contributed by atoms with van der Waals surface area (Å²) in [5, 5.41) is 0. The van der Waals surface area contributed by atoms with Crippen LogP contribution in [0.4, 0.5) is 0 Å². The van der Waals surface area contributed by atoms with Gasteiger partial charge in [0.15, 0.2) is 0 Å². The molecule has 0 radical (unpaired) electrons. The second-order valence-electron chi connectivity index (χ2n) is 7.36. The number of hydrogen-bond donors (Lipinski definition) is 0. The molecule has 0 aliphatic heterocycles. The molecule has 0 aromatic carbocycles. The van der Waals surface area contributed by atoms with E-state index in [0.717, 1.165) is 11.4 Å². The summed E-state index contributed by atoms with van der Waals surface area (Å²) in [6.07, 6.45) is 3.75. The van der Waals surface area contributed by atoms with Crippen LogP contribution in [0.2, 0.25) is 0 Å². The van der Waals surface area contributed by atoms with Gasteiger partial charge in [-0.25, -0.2) is 0 Å². The predicted molar refractivity (Wildman–Crippen MR) is 103 cm³/mol. The molecule has 2 aromatic heterocycles. The molecule has 0 amide bonds. The summed E-state index contributed by atoms with van der Waals surface area (Å²) in [7, 11) is 4.69. The SMILES string of the molecule is CC(C)(C)c1ccnc(-c2cc(C(C)(C)C)ccn2)c1.[C-]#[O+].[C-]#[O+].[C-]#[O+].[Cl][Re]. The summed E-state index contributed by atoms with van der Waals surface area (Å²) in [6, 6.07) is 8.46. The zero-order chi connectivity index (χ0) is 23.0. The Morgan fingerprint density at radius 2 is 0.929 bits per heavy atom. The summed E-state index contributed by atoms with van der Waals surface area (Å²) in [4.78, 5) is 8.97. The van der Waals surface area contributed by atoms with Crippen molar-refractivity contribution in [1.82, 2.24) is 9.97 Å². The fourth-order valence-electron chi connectivity index (χ4n) is 2.07. The number of pyridine rings is 2. The molecule has 2 rings (SSSR count). The Bertz CT molecular complexity index is 676. The van der Waals surface area contributed by atoms with Gasteiger partial charge in [-0.2, -0.15) is 0 Å². The first kappa shape index (κ1) is 31.2. The van der Waals surface area contributed by atoms with Gasteiger partial charge in [-0.05, 0) is 46.2 Å². The Hall–Kier alpha value is -1.53. The van der Waals surface area contributed by atoms with Crippen LogP contribution in [0.5, 0.6) is 0 Å². The van der Waals surface area contributed by atoms with Crippen molar-refractivity contribution in [1.29, 1.82) is 0 Å². The molecule has 0 atom stereocenters. The standard InChI is InChI=1S/C18H24N2.3CO.ClH.Re/c1-17(2,3)13-7-9-19-15(11-13)16-12-14(8-10-20-16)18(4,5)6;3*1-2;;/h7-12H,1-6H3;;;;1H;/q;;;;;+1/p-1. The van der Waals surface area contributed by atoms with Gasteiger partial charge in [0, 0.05) is 12.4 Å². The summed E-state index contributed by atoms with van der Waals surface area (Å²) in [6.45, 7) is 26.8.